The standard InChI is InChI=1S/C13H18N2O/c1-3-13(16-2)12(9-14)15-10-11-7-5-4-6-8-11/h4-8,12-13,15H,3,10H2,1-2H3. The average molecular weight is 218 g/mol. The van der Waals surface area contributed by atoms with Gasteiger partial charge in [-0.1, -0.05) is 37.3 Å². The smallest absolute Gasteiger partial charge is 0.122 e. The highest BCUT2D eigenvalue weighted by Gasteiger charge is 2.18. The van der Waals surface area contributed by atoms with Crippen LogP contribution in [-0.4, -0.2) is 19.3 Å². The number of rotatable bonds is 6. The first-order chi connectivity index (χ1) is 7.81. The van der Waals surface area contributed by atoms with E-state index >= 15 is 0 Å². The summed E-state index contributed by atoms with van der Waals surface area (Å²) >= 11 is 0. The Morgan fingerprint density at radius 1 is 1.38 bits per heavy atom. The first-order valence-electron chi connectivity index (χ1n) is 5.51. The fourth-order valence-electron chi connectivity index (χ4n) is 1.62. The van der Waals surface area contributed by atoms with Crippen molar-refractivity contribution in [3.63, 3.8) is 0 Å². The highest BCUT2D eigenvalue weighted by atomic mass is 16.5. The van der Waals surface area contributed by atoms with Crippen molar-refractivity contribution in [2.75, 3.05) is 7.11 Å². The molecule has 0 heterocycles. The number of hydrogen-bond donors (Lipinski definition) is 1. The van der Waals surface area contributed by atoms with Gasteiger partial charge in [0.25, 0.3) is 0 Å². The van der Waals surface area contributed by atoms with Gasteiger partial charge in [0, 0.05) is 13.7 Å². The van der Waals surface area contributed by atoms with Crippen LogP contribution >= 0.6 is 0 Å². The first kappa shape index (κ1) is 12.7. The zero-order chi connectivity index (χ0) is 11.8. The first-order valence-corrected chi connectivity index (χ1v) is 5.51. The van der Waals surface area contributed by atoms with Crippen LogP contribution in [0.5, 0.6) is 0 Å². The molecule has 0 radical (unpaired) electrons. The van der Waals surface area contributed by atoms with Gasteiger partial charge in [-0.25, -0.2) is 0 Å². The van der Waals surface area contributed by atoms with Gasteiger partial charge in [-0.15, -0.1) is 0 Å². The van der Waals surface area contributed by atoms with Gasteiger partial charge < -0.3 is 4.74 Å². The summed E-state index contributed by atoms with van der Waals surface area (Å²) in [7, 11) is 1.64. The van der Waals surface area contributed by atoms with Crippen molar-refractivity contribution in [2.24, 2.45) is 0 Å². The number of benzene rings is 1. The highest BCUT2D eigenvalue weighted by Crippen LogP contribution is 2.04. The summed E-state index contributed by atoms with van der Waals surface area (Å²) in [6.45, 7) is 2.71. The predicted molar refractivity (Wildman–Crippen MR) is 63.8 cm³/mol. The van der Waals surface area contributed by atoms with Gasteiger partial charge in [0.05, 0.1) is 12.2 Å². The van der Waals surface area contributed by atoms with Crippen LogP contribution in [-0.2, 0) is 11.3 Å². The van der Waals surface area contributed by atoms with Gasteiger partial charge in [0.1, 0.15) is 6.04 Å². The van der Waals surface area contributed by atoms with E-state index in [4.69, 9.17) is 10.00 Å². The molecule has 2 unspecified atom stereocenters. The second kappa shape index (κ2) is 7.00. The van der Waals surface area contributed by atoms with E-state index in [0.29, 0.717) is 6.54 Å². The SMILES string of the molecule is CCC(OC)C(C#N)NCc1ccccc1. The van der Waals surface area contributed by atoms with Crippen LogP contribution in [0.1, 0.15) is 18.9 Å². The van der Waals surface area contributed by atoms with E-state index in [0.717, 1.165) is 6.42 Å². The van der Waals surface area contributed by atoms with Crippen LogP contribution in [0.4, 0.5) is 0 Å². The minimum absolute atomic E-state index is 0.0475. The Bertz CT molecular complexity index is 328. The van der Waals surface area contributed by atoms with Gasteiger partial charge in [0.15, 0.2) is 0 Å². The number of methoxy groups -OCH3 is 1. The van der Waals surface area contributed by atoms with Crippen molar-refractivity contribution < 1.29 is 4.74 Å². The molecule has 1 rings (SSSR count). The maximum Gasteiger partial charge on any atom is 0.122 e. The summed E-state index contributed by atoms with van der Waals surface area (Å²) in [5, 5.41) is 12.2. The van der Waals surface area contributed by atoms with E-state index in [9.17, 15) is 0 Å². The third-order valence-electron chi connectivity index (χ3n) is 2.58. The summed E-state index contributed by atoms with van der Waals surface area (Å²) in [5.41, 5.74) is 1.17. The Balaban J connectivity index is 2.49. The Hall–Kier alpha value is -1.37. The Kier molecular flexibility index (Phi) is 5.55. The molecular formula is C13H18N2O. The Labute approximate surface area is 97.0 Å². The van der Waals surface area contributed by atoms with E-state index in [1.54, 1.807) is 7.11 Å². The summed E-state index contributed by atoms with van der Waals surface area (Å²) < 4.78 is 5.26. The largest absolute Gasteiger partial charge is 0.379 e. The molecule has 1 aromatic rings. The van der Waals surface area contributed by atoms with Gasteiger partial charge in [-0.3, -0.25) is 5.32 Å². The molecular weight excluding hydrogens is 200 g/mol. The van der Waals surface area contributed by atoms with Crippen molar-refractivity contribution in [1.29, 1.82) is 5.26 Å². The van der Waals surface area contributed by atoms with Crippen LogP contribution in [0, 0.1) is 11.3 Å². The summed E-state index contributed by atoms with van der Waals surface area (Å²) in [6, 6.07) is 12.0. The van der Waals surface area contributed by atoms with Crippen LogP contribution in [0.25, 0.3) is 0 Å². The number of nitrogens with one attached hydrogen (secondary N) is 1. The maximum atomic E-state index is 9.04. The van der Waals surface area contributed by atoms with Crippen LogP contribution < -0.4 is 5.32 Å². The molecule has 0 aliphatic rings. The molecule has 0 aliphatic heterocycles. The lowest BCUT2D eigenvalue weighted by atomic mass is 10.1. The van der Waals surface area contributed by atoms with Gasteiger partial charge in [-0.2, -0.15) is 5.26 Å². The predicted octanol–water partition coefficient (Wildman–Crippen LogP) is 2.09. The molecule has 16 heavy (non-hydrogen) atoms. The molecule has 0 bridgehead atoms. The van der Waals surface area contributed by atoms with Crippen molar-refractivity contribution in [3.05, 3.63) is 35.9 Å². The third kappa shape index (κ3) is 3.65. The minimum atomic E-state index is -0.254. The molecule has 0 spiro atoms. The molecule has 1 aromatic carbocycles. The van der Waals surface area contributed by atoms with E-state index in [1.807, 2.05) is 37.3 Å². The van der Waals surface area contributed by atoms with Gasteiger partial charge >= 0.3 is 0 Å². The average Bonchev–Trinajstić information content (AvgIpc) is 2.35. The van der Waals surface area contributed by atoms with Crippen molar-refractivity contribution in [3.8, 4) is 6.07 Å². The molecule has 3 nitrogen and oxygen atoms in total. The lowest BCUT2D eigenvalue weighted by Gasteiger charge is -2.20. The highest BCUT2D eigenvalue weighted by molar-refractivity contribution is 5.15. The quantitative estimate of drug-likeness (QED) is 0.795. The van der Waals surface area contributed by atoms with Crippen LogP contribution in [0.2, 0.25) is 0 Å². The second-order valence-electron chi connectivity index (χ2n) is 3.66. The number of nitriles is 1. The molecule has 0 aromatic heterocycles. The van der Waals surface area contributed by atoms with Gasteiger partial charge in [0.2, 0.25) is 0 Å². The monoisotopic (exact) mass is 218 g/mol. The molecule has 0 fully saturated rings. The van der Waals surface area contributed by atoms with Crippen molar-refractivity contribution >= 4 is 0 Å². The molecule has 0 aliphatic carbocycles. The van der Waals surface area contributed by atoms with Crippen LogP contribution in [0.3, 0.4) is 0 Å². The molecule has 86 valence electrons. The van der Waals surface area contributed by atoms with E-state index < -0.39 is 0 Å². The van der Waals surface area contributed by atoms with E-state index in [-0.39, 0.29) is 12.1 Å². The normalized spacial score (nSPS) is 14.1. The van der Waals surface area contributed by atoms with Gasteiger partial charge in [-0.05, 0) is 12.0 Å². The molecule has 0 amide bonds. The lowest BCUT2D eigenvalue weighted by Crippen LogP contribution is -2.39. The third-order valence-corrected chi connectivity index (χ3v) is 2.58. The number of hydrogen-bond acceptors (Lipinski definition) is 3. The molecule has 1 N–H and O–H groups in total. The topological polar surface area (TPSA) is 45.0 Å². The molecule has 0 saturated carbocycles. The van der Waals surface area contributed by atoms with E-state index in [2.05, 4.69) is 11.4 Å². The van der Waals surface area contributed by atoms with Crippen molar-refractivity contribution in [2.45, 2.75) is 32.0 Å². The summed E-state index contributed by atoms with van der Waals surface area (Å²) in [6.07, 6.45) is 0.782. The van der Waals surface area contributed by atoms with E-state index in [1.165, 1.54) is 5.56 Å². The zero-order valence-electron chi connectivity index (χ0n) is 9.81. The minimum Gasteiger partial charge on any atom is -0.379 e. The Morgan fingerprint density at radius 3 is 2.56 bits per heavy atom. The maximum absolute atomic E-state index is 9.04. The molecule has 3 heteroatoms. The van der Waals surface area contributed by atoms with Crippen molar-refractivity contribution in [1.82, 2.24) is 5.32 Å². The molecule has 2 atom stereocenters. The van der Waals surface area contributed by atoms with Crippen LogP contribution in [0.15, 0.2) is 30.3 Å². The fraction of sp³-hybridized carbons (Fsp3) is 0.462. The fourth-order valence-corrected chi connectivity index (χ4v) is 1.62. The lowest BCUT2D eigenvalue weighted by molar-refractivity contribution is 0.0804. The number of nitrogens with zero attached hydrogens (tertiary/aromatic N) is 1. The summed E-state index contributed by atoms with van der Waals surface area (Å²) in [5.74, 6) is 0. The molecule has 0 saturated heterocycles. The second-order valence-corrected chi connectivity index (χ2v) is 3.66. The Morgan fingerprint density at radius 2 is 2.06 bits per heavy atom. The zero-order valence-corrected chi connectivity index (χ0v) is 9.81. The summed E-state index contributed by atoms with van der Waals surface area (Å²) in [4.78, 5) is 0. The number of ether oxygens (including phenoxy) is 1.